The van der Waals surface area contributed by atoms with Crippen LogP contribution in [0.1, 0.15) is 77.0 Å². The van der Waals surface area contributed by atoms with Crippen LogP contribution in [0.3, 0.4) is 0 Å². The van der Waals surface area contributed by atoms with Gasteiger partial charge in [0.05, 0.1) is 12.3 Å². The second-order valence-corrected chi connectivity index (χ2v) is 10.6. The summed E-state index contributed by atoms with van der Waals surface area (Å²) in [6, 6.07) is 3.56. The minimum Gasteiger partial charge on any atom is -0.392 e. The minimum absolute atomic E-state index is 0.118. The van der Waals surface area contributed by atoms with Crippen molar-refractivity contribution in [1.82, 2.24) is 4.90 Å². The van der Waals surface area contributed by atoms with Crippen molar-refractivity contribution in [2.24, 2.45) is 16.8 Å². The van der Waals surface area contributed by atoms with Gasteiger partial charge in [0.2, 0.25) is 0 Å². The van der Waals surface area contributed by atoms with Crippen molar-refractivity contribution < 1.29 is 9.50 Å². The predicted molar refractivity (Wildman–Crippen MR) is 154 cm³/mol. The number of rotatable bonds is 11. The lowest BCUT2D eigenvalue weighted by Gasteiger charge is -2.31. The zero-order valence-corrected chi connectivity index (χ0v) is 23.6. The van der Waals surface area contributed by atoms with Crippen LogP contribution >= 0.6 is 0 Å². The molecule has 0 aromatic heterocycles. The van der Waals surface area contributed by atoms with E-state index in [4.69, 9.17) is 0 Å². The summed E-state index contributed by atoms with van der Waals surface area (Å²) in [6.07, 6.45) is 10.2. The molecule has 4 heteroatoms. The van der Waals surface area contributed by atoms with Gasteiger partial charge in [0.1, 0.15) is 5.82 Å². The van der Waals surface area contributed by atoms with Crippen molar-refractivity contribution in [3.05, 3.63) is 75.7 Å². The molecule has 0 saturated carbocycles. The van der Waals surface area contributed by atoms with Crippen LogP contribution in [0.25, 0.3) is 6.08 Å². The maximum Gasteiger partial charge on any atom is 0.131 e. The number of nitrogens with zero attached hydrogens (tertiary/aromatic N) is 2. The van der Waals surface area contributed by atoms with E-state index < -0.39 is 0 Å². The van der Waals surface area contributed by atoms with E-state index in [9.17, 15) is 5.11 Å². The van der Waals surface area contributed by atoms with Gasteiger partial charge in [-0.25, -0.2) is 4.39 Å². The molecule has 0 radical (unpaired) electrons. The van der Waals surface area contributed by atoms with E-state index >= 15 is 4.39 Å². The molecule has 1 aromatic rings. The molecule has 0 amide bonds. The van der Waals surface area contributed by atoms with Crippen LogP contribution in [0, 0.1) is 24.6 Å². The summed E-state index contributed by atoms with van der Waals surface area (Å²) >= 11 is 0. The lowest BCUT2D eigenvalue weighted by atomic mass is 9.88. The van der Waals surface area contributed by atoms with E-state index in [1.165, 1.54) is 11.1 Å². The standard InChI is InChI=1S/C32H47FN2O/c1-9-35-14-12-27(13-15-35)25(6)18-30-26(7)17-28(19-31(30)33)32(34-8)20-29(21-36)24(5)11-10-23(4)16-22(2)3/h16-20,23,27,36H,5,9-15,21H2,1-4,6-8H3/b25-18+,29-20-,34-32?. The van der Waals surface area contributed by atoms with Crippen LogP contribution in [0.2, 0.25) is 0 Å². The Labute approximate surface area is 219 Å². The number of hydrogen-bond acceptors (Lipinski definition) is 3. The van der Waals surface area contributed by atoms with E-state index in [-0.39, 0.29) is 12.4 Å². The number of halogens is 1. The summed E-state index contributed by atoms with van der Waals surface area (Å²) in [5, 5.41) is 10.0. The summed E-state index contributed by atoms with van der Waals surface area (Å²) < 4.78 is 15.3. The number of piperidine rings is 1. The van der Waals surface area contributed by atoms with Crippen LogP contribution < -0.4 is 0 Å². The molecule has 1 atom stereocenters. The van der Waals surface area contributed by atoms with Crippen molar-refractivity contribution in [1.29, 1.82) is 0 Å². The number of aliphatic hydroxyl groups is 1. The molecular weight excluding hydrogens is 447 g/mol. The normalized spacial score (nSPS) is 17.3. The second-order valence-electron chi connectivity index (χ2n) is 10.6. The monoisotopic (exact) mass is 494 g/mol. The van der Waals surface area contributed by atoms with E-state index in [0.29, 0.717) is 23.1 Å². The molecule has 1 aliphatic rings. The Kier molecular flexibility index (Phi) is 12.0. The van der Waals surface area contributed by atoms with Crippen LogP contribution in [-0.4, -0.2) is 49.0 Å². The molecule has 198 valence electrons. The molecule has 1 aliphatic heterocycles. The van der Waals surface area contributed by atoms with Gasteiger partial charge in [-0.1, -0.05) is 43.7 Å². The van der Waals surface area contributed by atoms with E-state index in [2.05, 4.69) is 57.2 Å². The second kappa shape index (κ2) is 14.4. The van der Waals surface area contributed by atoms with Crippen molar-refractivity contribution in [3.8, 4) is 0 Å². The molecule has 1 saturated heterocycles. The summed E-state index contributed by atoms with van der Waals surface area (Å²) in [4.78, 5) is 6.89. The molecule has 1 heterocycles. The smallest absolute Gasteiger partial charge is 0.131 e. The first-order valence-corrected chi connectivity index (χ1v) is 13.4. The maximum atomic E-state index is 15.3. The third-order valence-corrected chi connectivity index (χ3v) is 7.38. The SMILES string of the molecule is C=C(CCC(C)C=C(C)C)/C(=C\C(=NC)c1cc(C)c(/C=C(\C)C2CCN(CC)CC2)c(F)c1)CO. The number of aryl methyl sites for hydroxylation is 1. The van der Waals surface area contributed by atoms with Crippen molar-refractivity contribution in [3.63, 3.8) is 0 Å². The fourth-order valence-corrected chi connectivity index (χ4v) is 5.05. The molecule has 1 fully saturated rings. The Morgan fingerprint density at radius 3 is 2.44 bits per heavy atom. The highest BCUT2D eigenvalue weighted by atomic mass is 19.1. The molecule has 3 nitrogen and oxygen atoms in total. The fourth-order valence-electron chi connectivity index (χ4n) is 5.05. The zero-order valence-electron chi connectivity index (χ0n) is 23.6. The molecule has 1 aromatic carbocycles. The number of likely N-dealkylation sites (tertiary alicyclic amines) is 1. The predicted octanol–water partition coefficient (Wildman–Crippen LogP) is 7.55. The fraction of sp³-hybridized carbons (Fsp3) is 0.531. The Hall–Kier alpha value is -2.30. The van der Waals surface area contributed by atoms with Crippen LogP contribution in [0.15, 0.2) is 58.1 Å². The Morgan fingerprint density at radius 1 is 1.25 bits per heavy atom. The van der Waals surface area contributed by atoms with Gasteiger partial charge in [0, 0.05) is 18.2 Å². The lowest BCUT2D eigenvalue weighted by molar-refractivity contribution is 0.208. The summed E-state index contributed by atoms with van der Waals surface area (Å²) in [7, 11) is 1.70. The Bertz CT molecular complexity index is 996. The van der Waals surface area contributed by atoms with Gasteiger partial charge in [-0.2, -0.15) is 0 Å². The third kappa shape index (κ3) is 8.67. The number of benzene rings is 1. The summed E-state index contributed by atoms with van der Waals surface area (Å²) in [6.45, 7) is 20.1. The van der Waals surface area contributed by atoms with Gasteiger partial charge >= 0.3 is 0 Å². The zero-order chi connectivity index (χ0) is 26.8. The number of hydrogen-bond donors (Lipinski definition) is 1. The molecule has 0 spiro atoms. The van der Waals surface area contributed by atoms with Crippen molar-refractivity contribution in [2.75, 3.05) is 33.3 Å². The molecular formula is C32H47FN2O. The lowest BCUT2D eigenvalue weighted by Crippen LogP contribution is -2.33. The molecule has 0 bridgehead atoms. The molecule has 0 aliphatic carbocycles. The number of aliphatic imine (C=N–C) groups is 1. The van der Waals surface area contributed by atoms with Gasteiger partial charge in [0.15, 0.2) is 0 Å². The first kappa shape index (κ1) is 29.9. The topological polar surface area (TPSA) is 35.8 Å². The van der Waals surface area contributed by atoms with Gasteiger partial charge < -0.3 is 10.0 Å². The largest absolute Gasteiger partial charge is 0.392 e. The highest BCUT2D eigenvalue weighted by Gasteiger charge is 2.20. The highest BCUT2D eigenvalue weighted by Crippen LogP contribution is 2.28. The quantitative estimate of drug-likeness (QED) is 0.196. The molecule has 1 unspecified atom stereocenters. The first-order chi connectivity index (χ1) is 17.1. The van der Waals surface area contributed by atoms with Crippen LogP contribution in [0.4, 0.5) is 4.39 Å². The Balaban J connectivity index is 2.22. The summed E-state index contributed by atoms with van der Waals surface area (Å²) in [5.74, 6) is 0.732. The van der Waals surface area contributed by atoms with Crippen molar-refractivity contribution in [2.45, 2.75) is 67.2 Å². The molecule has 1 N–H and O–H groups in total. The van der Waals surface area contributed by atoms with Crippen molar-refractivity contribution >= 4 is 11.8 Å². The average molecular weight is 495 g/mol. The number of allylic oxidation sites excluding steroid dienone is 4. The van der Waals surface area contributed by atoms with E-state index in [0.717, 1.165) is 67.6 Å². The summed E-state index contributed by atoms with van der Waals surface area (Å²) in [5.41, 5.74) is 7.13. The number of aliphatic hydroxyl groups excluding tert-OH is 1. The minimum atomic E-state index is -0.232. The first-order valence-electron chi connectivity index (χ1n) is 13.4. The van der Waals surface area contributed by atoms with Crippen LogP contribution in [-0.2, 0) is 0 Å². The maximum absolute atomic E-state index is 15.3. The highest BCUT2D eigenvalue weighted by molar-refractivity contribution is 6.09. The van der Waals surface area contributed by atoms with Gasteiger partial charge in [-0.05, 0) is 120 Å². The van der Waals surface area contributed by atoms with Crippen LogP contribution in [0.5, 0.6) is 0 Å². The van der Waals surface area contributed by atoms with E-state index in [1.807, 2.05) is 25.1 Å². The third-order valence-electron chi connectivity index (χ3n) is 7.38. The Morgan fingerprint density at radius 2 is 1.92 bits per heavy atom. The average Bonchev–Trinajstić information content (AvgIpc) is 2.85. The molecule has 2 rings (SSSR count). The van der Waals surface area contributed by atoms with Gasteiger partial charge in [-0.3, -0.25) is 4.99 Å². The van der Waals surface area contributed by atoms with Gasteiger partial charge in [0.25, 0.3) is 0 Å². The van der Waals surface area contributed by atoms with E-state index in [1.54, 1.807) is 13.1 Å². The van der Waals surface area contributed by atoms with Gasteiger partial charge in [-0.15, -0.1) is 0 Å². The molecule has 36 heavy (non-hydrogen) atoms.